The monoisotopic (exact) mass is 349 g/mol. The highest BCUT2D eigenvalue weighted by atomic mass is 16.2. The fraction of sp³-hybridized carbons (Fsp3) is 0.842. The van der Waals surface area contributed by atoms with E-state index in [-0.39, 0.29) is 30.7 Å². The number of carbonyl (C=O) groups excluding carboxylic acids is 3. The zero-order chi connectivity index (χ0) is 17.6. The number of urea groups is 1. The van der Waals surface area contributed by atoms with Crippen LogP contribution in [0.1, 0.15) is 57.8 Å². The van der Waals surface area contributed by atoms with Gasteiger partial charge in [0.05, 0.1) is 0 Å². The highest BCUT2D eigenvalue weighted by Gasteiger charge is 2.33. The lowest BCUT2D eigenvalue weighted by Crippen LogP contribution is -2.49. The summed E-state index contributed by atoms with van der Waals surface area (Å²) in [5, 5.41) is 2.83. The number of nitrogens with one attached hydrogen (secondary N) is 1. The van der Waals surface area contributed by atoms with Crippen molar-refractivity contribution in [2.24, 2.45) is 11.8 Å². The molecule has 140 valence electrons. The van der Waals surface area contributed by atoms with Crippen molar-refractivity contribution in [1.82, 2.24) is 15.1 Å². The Balaban J connectivity index is 1.37. The predicted molar refractivity (Wildman–Crippen MR) is 95.1 cm³/mol. The lowest BCUT2D eigenvalue weighted by Gasteiger charge is -2.41. The molecular weight excluding hydrogens is 318 g/mol. The summed E-state index contributed by atoms with van der Waals surface area (Å²) in [4.78, 5) is 40.0. The summed E-state index contributed by atoms with van der Waals surface area (Å²) >= 11 is 0. The highest BCUT2D eigenvalue weighted by Crippen LogP contribution is 2.35. The average Bonchev–Trinajstić information content (AvgIpc) is 2.67. The molecule has 25 heavy (non-hydrogen) atoms. The molecule has 2 atom stereocenters. The van der Waals surface area contributed by atoms with Crippen molar-refractivity contribution in [1.29, 1.82) is 0 Å². The largest absolute Gasteiger partial charge is 0.338 e. The topological polar surface area (TPSA) is 69.7 Å². The molecule has 0 aromatic carbocycles. The van der Waals surface area contributed by atoms with Gasteiger partial charge in [-0.3, -0.25) is 9.59 Å². The van der Waals surface area contributed by atoms with Crippen molar-refractivity contribution in [3.63, 3.8) is 0 Å². The van der Waals surface area contributed by atoms with Gasteiger partial charge in [-0.2, -0.15) is 0 Å². The molecule has 0 aromatic rings. The number of fused-ring (bicyclic) bond motifs is 1. The standard InChI is InChI=1S/C19H31N3O3/c23-17(18(24)21-11-4-1-5-12-21)8-10-20-19(25)22-13-9-15-6-2-3-7-16(15)14-22/h15-16H,1-14H2,(H,20,25). The van der Waals surface area contributed by atoms with Gasteiger partial charge in [0.2, 0.25) is 5.78 Å². The lowest BCUT2D eigenvalue weighted by molar-refractivity contribution is -0.145. The van der Waals surface area contributed by atoms with Crippen molar-refractivity contribution in [3.05, 3.63) is 0 Å². The number of likely N-dealkylation sites (tertiary alicyclic amines) is 2. The van der Waals surface area contributed by atoms with Crippen molar-refractivity contribution >= 4 is 17.7 Å². The van der Waals surface area contributed by atoms with Crippen LogP contribution >= 0.6 is 0 Å². The number of Topliss-reactive ketones (excluding diaryl/α,β-unsaturated/α-hetero) is 1. The Hall–Kier alpha value is -1.59. The highest BCUT2D eigenvalue weighted by molar-refractivity contribution is 6.36. The second kappa shape index (κ2) is 8.68. The third-order valence-corrected chi connectivity index (χ3v) is 6.09. The molecule has 6 heteroatoms. The molecule has 3 aliphatic rings. The number of carbonyl (C=O) groups is 3. The average molecular weight is 349 g/mol. The van der Waals surface area contributed by atoms with Gasteiger partial charge >= 0.3 is 6.03 Å². The van der Waals surface area contributed by atoms with Crippen LogP contribution < -0.4 is 5.32 Å². The Bertz CT molecular complexity index is 502. The number of ketones is 1. The fourth-order valence-corrected chi connectivity index (χ4v) is 4.56. The van der Waals surface area contributed by atoms with Gasteiger partial charge in [-0.15, -0.1) is 0 Å². The molecule has 2 unspecified atom stereocenters. The minimum Gasteiger partial charge on any atom is -0.338 e. The van der Waals surface area contributed by atoms with E-state index in [4.69, 9.17) is 0 Å². The van der Waals surface area contributed by atoms with E-state index >= 15 is 0 Å². The van der Waals surface area contributed by atoms with Crippen molar-refractivity contribution in [2.45, 2.75) is 57.8 Å². The van der Waals surface area contributed by atoms with E-state index in [1.165, 1.54) is 25.7 Å². The van der Waals surface area contributed by atoms with E-state index in [0.717, 1.165) is 44.7 Å². The van der Waals surface area contributed by atoms with Crippen molar-refractivity contribution in [2.75, 3.05) is 32.7 Å². The van der Waals surface area contributed by atoms with E-state index in [2.05, 4.69) is 5.32 Å². The van der Waals surface area contributed by atoms with E-state index in [1.807, 2.05) is 4.90 Å². The number of hydrogen-bond acceptors (Lipinski definition) is 3. The predicted octanol–water partition coefficient (Wildman–Crippen LogP) is 2.18. The van der Waals surface area contributed by atoms with Crippen LogP contribution in [0.2, 0.25) is 0 Å². The SMILES string of the molecule is O=C(CCNC(=O)N1CCC2CCCCC2C1)C(=O)N1CCCCC1. The van der Waals surface area contributed by atoms with Crippen molar-refractivity contribution < 1.29 is 14.4 Å². The van der Waals surface area contributed by atoms with Gasteiger partial charge in [-0.1, -0.05) is 19.3 Å². The molecule has 0 aromatic heterocycles. The number of amides is 3. The third-order valence-electron chi connectivity index (χ3n) is 6.09. The number of nitrogens with zero attached hydrogens (tertiary/aromatic N) is 2. The Morgan fingerprint density at radius 3 is 2.28 bits per heavy atom. The maximum absolute atomic E-state index is 12.3. The molecule has 3 fully saturated rings. The van der Waals surface area contributed by atoms with Gasteiger partial charge in [0, 0.05) is 39.1 Å². The summed E-state index contributed by atoms with van der Waals surface area (Å²) in [6, 6.07) is -0.0813. The molecule has 0 bridgehead atoms. The summed E-state index contributed by atoms with van der Waals surface area (Å²) < 4.78 is 0. The van der Waals surface area contributed by atoms with Crippen LogP contribution in [0.25, 0.3) is 0 Å². The summed E-state index contributed by atoms with van der Waals surface area (Å²) in [5.74, 6) is 0.683. The summed E-state index contributed by atoms with van der Waals surface area (Å²) in [5.41, 5.74) is 0. The van der Waals surface area contributed by atoms with Crippen molar-refractivity contribution in [3.8, 4) is 0 Å². The molecule has 0 radical (unpaired) electrons. The second-order valence-electron chi connectivity index (χ2n) is 7.80. The maximum Gasteiger partial charge on any atom is 0.317 e. The quantitative estimate of drug-likeness (QED) is 0.791. The maximum atomic E-state index is 12.3. The van der Waals surface area contributed by atoms with Gasteiger partial charge < -0.3 is 15.1 Å². The zero-order valence-electron chi connectivity index (χ0n) is 15.2. The summed E-state index contributed by atoms with van der Waals surface area (Å²) in [7, 11) is 0. The second-order valence-corrected chi connectivity index (χ2v) is 7.80. The molecule has 0 spiro atoms. The van der Waals surface area contributed by atoms with Crippen LogP contribution in [0.15, 0.2) is 0 Å². The fourth-order valence-electron chi connectivity index (χ4n) is 4.56. The minimum absolute atomic E-state index is 0.0813. The first-order valence-corrected chi connectivity index (χ1v) is 10.00. The Morgan fingerprint density at radius 1 is 0.800 bits per heavy atom. The number of hydrogen-bond donors (Lipinski definition) is 1. The molecule has 3 rings (SSSR count). The van der Waals surface area contributed by atoms with Gasteiger partial charge in [-0.05, 0) is 43.9 Å². The van der Waals surface area contributed by atoms with Gasteiger partial charge in [0.1, 0.15) is 0 Å². The number of rotatable bonds is 4. The Morgan fingerprint density at radius 2 is 1.52 bits per heavy atom. The normalized spacial score (nSPS) is 26.7. The van der Waals surface area contributed by atoms with E-state index in [0.29, 0.717) is 19.0 Å². The molecule has 1 saturated carbocycles. The molecule has 1 aliphatic carbocycles. The van der Waals surface area contributed by atoms with E-state index in [9.17, 15) is 14.4 Å². The molecule has 2 aliphatic heterocycles. The van der Waals surface area contributed by atoms with Crippen LogP contribution in [0, 0.1) is 11.8 Å². The molecule has 2 heterocycles. The first-order valence-electron chi connectivity index (χ1n) is 10.00. The zero-order valence-corrected chi connectivity index (χ0v) is 15.2. The third kappa shape index (κ3) is 4.73. The van der Waals surface area contributed by atoms with Crippen LogP contribution in [-0.2, 0) is 9.59 Å². The smallest absolute Gasteiger partial charge is 0.317 e. The first-order chi connectivity index (χ1) is 12.1. The first kappa shape index (κ1) is 18.2. The van der Waals surface area contributed by atoms with Gasteiger partial charge in [0.15, 0.2) is 0 Å². The van der Waals surface area contributed by atoms with Crippen LogP contribution in [0.3, 0.4) is 0 Å². The van der Waals surface area contributed by atoms with E-state index in [1.54, 1.807) is 4.90 Å². The summed E-state index contributed by atoms with van der Waals surface area (Å²) in [6.45, 7) is 3.28. The van der Waals surface area contributed by atoms with Gasteiger partial charge in [-0.25, -0.2) is 4.79 Å². The summed E-state index contributed by atoms with van der Waals surface area (Å²) in [6.07, 6.45) is 9.45. The van der Waals surface area contributed by atoms with E-state index < -0.39 is 0 Å². The molecule has 2 saturated heterocycles. The van der Waals surface area contributed by atoms with Crippen LogP contribution in [0.4, 0.5) is 4.79 Å². The van der Waals surface area contributed by atoms with Crippen LogP contribution in [-0.4, -0.2) is 60.2 Å². The lowest BCUT2D eigenvalue weighted by atomic mass is 9.75. The Labute approximate surface area is 150 Å². The minimum atomic E-state index is -0.381. The molecule has 6 nitrogen and oxygen atoms in total. The van der Waals surface area contributed by atoms with Gasteiger partial charge in [0.25, 0.3) is 5.91 Å². The van der Waals surface area contributed by atoms with Crippen LogP contribution in [0.5, 0.6) is 0 Å². The Kier molecular flexibility index (Phi) is 6.32. The molecule has 3 amide bonds. The number of piperidine rings is 2. The molecular formula is C19H31N3O3. The molecule has 1 N–H and O–H groups in total.